The van der Waals surface area contributed by atoms with Gasteiger partial charge in [-0.1, -0.05) is 0 Å². The second-order valence-corrected chi connectivity index (χ2v) is 5.40. The third-order valence-electron chi connectivity index (χ3n) is 4.30. The Bertz CT molecular complexity index is 361. The van der Waals surface area contributed by atoms with Crippen LogP contribution in [0.15, 0.2) is 0 Å². The molecule has 0 radical (unpaired) electrons. The molecule has 2 aliphatic rings. The molecule has 108 valence electrons. The van der Waals surface area contributed by atoms with Gasteiger partial charge in [-0.15, -0.1) is 0 Å². The van der Waals surface area contributed by atoms with E-state index >= 15 is 0 Å². The molecule has 0 aliphatic carbocycles. The summed E-state index contributed by atoms with van der Waals surface area (Å²) in [6.07, 6.45) is 2.57. The Morgan fingerprint density at radius 2 is 2.00 bits per heavy atom. The lowest BCUT2D eigenvalue weighted by Crippen LogP contribution is -2.50. The van der Waals surface area contributed by atoms with Crippen molar-refractivity contribution in [2.24, 2.45) is 5.92 Å². The van der Waals surface area contributed by atoms with Crippen molar-refractivity contribution in [2.75, 3.05) is 26.7 Å². The Labute approximate surface area is 113 Å². The van der Waals surface area contributed by atoms with Gasteiger partial charge < -0.3 is 19.6 Å². The molecule has 0 spiro atoms. The third-order valence-corrected chi connectivity index (χ3v) is 4.30. The van der Waals surface area contributed by atoms with Crippen LogP contribution in [0.3, 0.4) is 0 Å². The van der Waals surface area contributed by atoms with Crippen LogP contribution < -0.4 is 0 Å². The molecule has 2 fully saturated rings. The molecular formula is C13H22N2O4. The minimum atomic E-state index is -0.809. The first-order chi connectivity index (χ1) is 9.04. The molecule has 0 saturated carbocycles. The van der Waals surface area contributed by atoms with Crippen molar-refractivity contribution in [3.05, 3.63) is 0 Å². The predicted molar refractivity (Wildman–Crippen MR) is 68.9 cm³/mol. The molecule has 2 amide bonds. The monoisotopic (exact) mass is 270 g/mol. The van der Waals surface area contributed by atoms with Crippen LogP contribution in [0, 0.1) is 5.92 Å². The lowest BCUT2D eigenvalue weighted by atomic mass is 10.0. The van der Waals surface area contributed by atoms with Crippen molar-refractivity contribution in [2.45, 2.75) is 38.3 Å². The maximum absolute atomic E-state index is 12.4. The highest BCUT2D eigenvalue weighted by Crippen LogP contribution is 2.26. The number of carbonyl (C=O) groups is 2. The molecule has 6 heteroatoms. The van der Waals surface area contributed by atoms with Crippen LogP contribution in [0.4, 0.5) is 4.79 Å². The van der Waals surface area contributed by atoms with E-state index in [-0.39, 0.29) is 18.2 Å². The molecule has 0 aromatic heterocycles. The summed E-state index contributed by atoms with van der Waals surface area (Å²) in [4.78, 5) is 27.0. The average Bonchev–Trinajstić information content (AvgIpc) is 2.80. The van der Waals surface area contributed by atoms with E-state index in [4.69, 9.17) is 9.84 Å². The van der Waals surface area contributed by atoms with Crippen molar-refractivity contribution in [1.82, 2.24) is 9.80 Å². The van der Waals surface area contributed by atoms with Crippen LogP contribution >= 0.6 is 0 Å². The third kappa shape index (κ3) is 2.83. The Morgan fingerprint density at radius 1 is 1.26 bits per heavy atom. The predicted octanol–water partition coefficient (Wildman–Crippen LogP) is 1.01. The van der Waals surface area contributed by atoms with E-state index in [1.807, 2.05) is 6.92 Å². The molecule has 3 unspecified atom stereocenters. The minimum Gasteiger partial charge on any atom is -0.481 e. The Morgan fingerprint density at radius 3 is 2.58 bits per heavy atom. The van der Waals surface area contributed by atoms with Gasteiger partial charge in [0.2, 0.25) is 0 Å². The SMILES string of the molecule is COC1CCCN(C(=O)N2CCC(C(=O)O)C2C)C1. The summed E-state index contributed by atoms with van der Waals surface area (Å²) in [6, 6.07) is -0.272. The molecule has 19 heavy (non-hydrogen) atoms. The van der Waals surface area contributed by atoms with E-state index in [1.165, 1.54) is 0 Å². The molecule has 1 N–H and O–H groups in total. The molecule has 0 bridgehead atoms. The summed E-state index contributed by atoms with van der Waals surface area (Å²) in [5, 5.41) is 9.10. The summed E-state index contributed by atoms with van der Waals surface area (Å²) in [5.41, 5.74) is 0. The second-order valence-electron chi connectivity index (χ2n) is 5.40. The highest BCUT2D eigenvalue weighted by molar-refractivity contribution is 5.78. The summed E-state index contributed by atoms with van der Waals surface area (Å²) >= 11 is 0. The zero-order valence-electron chi connectivity index (χ0n) is 11.5. The highest BCUT2D eigenvalue weighted by atomic mass is 16.5. The molecular weight excluding hydrogens is 248 g/mol. The van der Waals surface area contributed by atoms with Gasteiger partial charge in [0, 0.05) is 32.8 Å². The van der Waals surface area contributed by atoms with Crippen LogP contribution in [-0.2, 0) is 9.53 Å². The first kappa shape index (κ1) is 14.1. The molecule has 2 rings (SSSR count). The fourth-order valence-corrected chi connectivity index (χ4v) is 3.03. The van der Waals surface area contributed by atoms with E-state index in [0.717, 1.165) is 19.4 Å². The van der Waals surface area contributed by atoms with Crippen molar-refractivity contribution < 1.29 is 19.4 Å². The van der Waals surface area contributed by atoms with Crippen LogP contribution in [0.5, 0.6) is 0 Å². The van der Waals surface area contributed by atoms with Crippen molar-refractivity contribution in [3.63, 3.8) is 0 Å². The number of aliphatic carboxylic acids is 1. The quantitative estimate of drug-likeness (QED) is 0.813. The van der Waals surface area contributed by atoms with Crippen LogP contribution in [-0.4, -0.2) is 65.8 Å². The van der Waals surface area contributed by atoms with Crippen LogP contribution in [0.2, 0.25) is 0 Å². The average molecular weight is 270 g/mol. The Hall–Kier alpha value is -1.30. The van der Waals surface area contributed by atoms with Gasteiger partial charge in [0.15, 0.2) is 0 Å². The normalized spacial score (nSPS) is 31.6. The summed E-state index contributed by atoms with van der Waals surface area (Å²) in [7, 11) is 1.66. The van der Waals surface area contributed by atoms with E-state index in [0.29, 0.717) is 19.5 Å². The first-order valence-electron chi connectivity index (χ1n) is 6.85. The van der Waals surface area contributed by atoms with Crippen LogP contribution in [0.25, 0.3) is 0 Å². The van der Waals surface area contributed by atoms with E-state index < -0.39 is 11.9 Å². The molecule has 2 heterocycles. The molecule has 0 aromatic rings. The van der Waals surface area contributed by atoms with Crippen LogP contribution in [0.1, 0.15) is 26.2 Å². The first-order valence-corrected chi connectivity index (χ1v) is 6.85. The smallest absolute Gasteiger partial charge is 0.320 e. The number of carboxylic acid groups (broad SMARTS) is 1. The minimum absolute atomic E-state index is 0.0435. The van der Waals surface area contributed by atoms with Gasteiger partial charge in [-0.3, -0.25) is 4.79 Å². The van der Waals surface area contributed by atoms with Gasteiger partial charge in [0.25, 0.3) is 0 Å². The Kier molecular flexibility index (Phi) is 4.29. The molecule has 2 aliphatic heterocycles. The molecule has 6 nitrogen and oxygen atoms in total. The lowest BCUT2D eigenvalue weighted by Gasteiger charge is -2.36. The highest BCUT2D eigenvalue weighted by Gasteiger charge is 2.40. The van der Waals surface area contributed by atoms with E-state index in [9.17, 15) is 9.59 Å². The van der Waals surface area contributed by atoms with E-state index in [1.54, 1.807) is 16.9 Å². The Balaban J connectivity index is 1.98. The number of carboxylic acids is 1. The number of urea groups is 1. The number of ether oxygens (including phenoxy) is 1. The zero-order chi connectivity index (χ0) is 14.0. The standard InChI is InChI=1S/C13H22N2O4/c1-9-11(12(16)17)5-7-15(9)13(18)14-6-3-4-10(8-14)19-2/h9-11H,3-8H2,1-2H3,(H,16,17). The number of rotatable bonds is 2. The maximum atomic E-state index is 12.4. The second kappa shape index (κ2) is 5.77. The number of carbonyl (C=O) groups excluding carboxylic acids is 1. The largest absolute Gasteiger partial charge is 0.481 e. The van der Waals surface area contributed by atoms with Crippen molar-refractivity contribution >= 4 is 12.0 Å². The van der Waals surface area contributed by atoms with Gasteiger partial charge in [-0.2, -0.15) is 0 Å². The number of hydrogen-bond acceptors (Lipinski definition) is 3. The van der Waals surface area contributed by atoms with Gasteiger partial charge in [0.1, 0.15) is 0 Å². The fraction of sp³-hybridized carbons (Fsp3) is 0.846. The zero-order valence-corrected chi connectivity index (χ0v) is 11.5. The summed E-state index contributed by atoms with van der Waals surface area (Å²) < 4.78 is 5.31. The maximum Gasteiger partial charge on any atom is 0.320 e. The number of amides is 2. The number of methoxy groups -OCH3 is 1. The lowest BCUT2D eigenvalue weighted by molar-refractivity contribution is -0.142. The fourth-order valence-electron chi connectivity index (χ4n) is 3.03. The molecule has 0 aromatic carbocycles. The van der Waals surface area contributed by atoms with Gasteiger partial charge in [-0.25, -0.2) is 4.79 Å². The van der Waals surface area contributed by atoms with Crippen molar-refractivity contribution in [1.29, 1.82) is 0 Å². The van der Waals surface area contributed by atoms with Gasteiger partial charge >= 0.3 is 12.0 Å². The van der Waals surface area contributed by atoms with Crippen molar-refractivity contribution in [3.8, 4) is 0 Å². The summed E-state index contributed by atoms with van der Waals surface area (Å²) in [6.45, 7) is 3.70. The van der Waals surface area contributed by atoms with Gasteiger partial charge in [-0.05, 0) is 26.2 Å². The number of hydrogen-bond donors (Lipinski definition) is 1. The summed E-state index contributed by atoms with van der Waals surface area (Å²) in [5.74, 6) is -1.25. The topological polar surface area (TPSA) is 70.1 Å². The number of piperidine rings is 1. The number of likely N-dealkylation sites (tertiary alicyclic amines) is 2. The van der Waals surface area contributed by atoms with E-state index in [2.05, 4.69) is 0 Å². The molecule has 3 atom stereocenters. The number of nitrogens with zero attached hydrogens (tertiary/aromatic N) is 2. The molecule has 2 saturated heterocycles. The van der Waals surface area contributed by atoms with Gasteiger partial charge in [0.05, 0.1) is 12.0 Å².